The molecule has 4 heteroatoms. The number of ether oxygens (including phenoxy) is 1. The lowest BCUT2D eigenvalue weighted by Gasteiger charge is -2.17. The van der Waals surface area contributed by atoms with Gasteiger partial charge < -0.3 is 16.2 Å². The molecule has 4 nitrogen and oxygen atoms in total. The zero-order chi connectivity index (χ0) is 11.7. The van der Waals surface area contributed by atoms with Crippen LogP contribution in [0.4, 0.5) is 0 Å². The third-order valence-corrected chi connectivity index (χ3v) is 2.47. The molecule has 0 bridgehead atoms. The number of hydrogen-bond acceptors (Lipinski definition) is 4. The molecule has 0 aliphatic rings. The molecule has 0 aromatic carbocycles. The molecule has 0 unspecified atom stereocenters. The van der Waals surface area contributed by atoms with Gasteiger partial charge in [-0.2, -0.15) is 0 Å². The molecule has 15 heavy (non-hydrogen) atoms. The van der Waals surface area contributed by atoms with Crippen LogP contribution in [0.5, 0.6) is 0 Å². The van der Waals surface area contributed by atoms with E-state index in [-0.39, 0.29) is 12.1 Å². The maximum absolute atomic E-state index is 11.5. The van der Waals surface area contributed by atoms with Crippen molar-refractivity contribution < 1.29 is 9.53 Å². The third kappa shape index (κ3) is 6.47. The first-order valence-corrected chi connectivity index (χ1v) is 5.81. The van der Waals surface area contributed by atoms with Crippen LogP contribution in [-0.2, 0) is 9.53 Å². The van der Waals surface area contributed by atoms with E-state index in [0.29, 0.717) is 13.0 Å². The lowest BCUT2D eigenvalue weighted by Crippen LogP contribution is -2.34. The number of rotatable bonds is 8. The minimum absolute atomic E-state index is 0.0121. The number of nitrogens with two attached hydrogens (primary N) is 2. The zero-order valence-corrected chi connectivity index (χ0v) is 9.87. The summed E-state index contributed by atoms with van der Waals surface area (Å²) in [5.74, 6) is -0.277. The van der Waals surface area contributed by atoms with Gasteiger partial charge in [0.05, 0.1) is 0 Å². The van der Waals surface area contributed by atoms with Crippen LogP contribution in [-0.4, -0.2) is 24.7 Å². The van der Waals surface area contributed by atoms with Gasteiger partial charge in [-0.1, -0.05) is 20.3 Å². The van der Waals surface area contributed by atoms with Crippen LogP contribution < -0.4 is 11.5 Å². The van der Waals surface area contributed by atoms with E-state index < -0.39 is 6.04 Å². The topological polar surface area (TPSA) is 78.3 Å². The smallest absolute Gasteiger partial charge is 0.323 e. The Labute approximate surface area is 92.3 Å². The van der Waals surface area contributed by atoms with Crippen molar-refractivity contribution in [2.45, 2.75) is 58.1 Å². The van der Waals surface area contributed by atoms with Crippen molar-refractivity contribution in [3.05, 3.63) is 0 Å². The average Bonchev–Trinajstić information content (AvgIpc) is 2.25. The Morgan fingerprint density at radius 1 is 1.27 bits per heavy atom. The quantitative estimate of drug-likeness (QED) is 0.471. The van der Waals surface area contributed by atoms with Crippen molar-refractivity contribution in [1.29, 1.82) is 0 Å². The first-order chi connectivity index (χ1) is 7.15. The minimum Gasteiger partial charge on any atom is -0.461 e. The first-order valence-electron chi connectivity index (χ1n) is 5.81. The van der Waals surface area contributed by atoms with Gasteiger partial charge in [0.25, 0.3) is 0 Å². The summed E-state index contributed by atoms with van der Waals surface area (Å²) in [5.41, 5.74) is 11.1. The van der Waals surface area contributed by atoms with Gasteiger partial charge in [0.2, 0.25) is 0 Å². The van der Waals surface area contributed by atoms with E-state index in [1.165, 1.54) is 0 Å². The Morgan fingerprint density at radius 3 is 2.33 bits per heavy atom. The summed E-state index contributed by atoms with van der Waals surface area (Å²) in [6, 6.07) is -0.489. The summed E-state index contributed by atoms with van der Waals surface area (Å²) in [5, 5.41) is 0. The maximum Gasteiger partial charge on any atom is 0.323 e. The Morgan fingerprint density at radius 2 is 1.87 bits per heavy atom. The molecule has 4 N–H and O–H groups in total. The monoisotopic (exact) mass is 216 g/mol. The van der Waals surface area contributed by atoms with Crippen molar-refractivity contribution in [3.8, 4) is 0 Å². The Bertz CT molecular complexity index is 170. The number of carbonyl (C=O) groups is 1. The first kappa shape index (κ1) is 14.4. The molecule has 0 fully saturated rings. The maximum atomic E-state index is 11.5. The molecule has 0 saturated carbocycles. The van der Waals surface area contributed by atoms with E-state index in [0.717, 1.165) is 25.7 Å². The van der Waals surface area contributed by atoms with Gasteiger partial charge in [0.1, 0.15) is 12.1 Å². The number of carbonyl (C=O) groups excluding carboxylic acids is 1. The van der Waals surface area contributed by atoms with Crippen LogP contribution >= 0.6 is 0 Å². The Kier molecular flexibility index (Phi) is 8.33. The SMILES string of the molecule is CCC(CC)OC(=O)[C@@H](N)CCCCN. The molecule has 0 heterocycles. The lowest BCUT2D eigenvalue weighted by atomic mass is 10.1. The fourth-order valence-electron chi connectivity index (χ4n) is 1.33. The van der Waals surface area contributed by atoms with Crippen molar-refractivity contribution in [3.63, 3.8) is 0 Å². The molecule has 1 atom stereocenters. The highest BCUT2D eigenvalue weighted by molar-refractivity contribution is 5.75. The second kappa shape index (κ2) is 8.68. The minimum atomic E-state index is -0.489. The molecule has 0 aliphatic carbocycles. The number of unbranched alkanes of at least 4 members (excludes halogenated alkanes) is 1. The van der Waals surface area contributed by atoms with E-state index in [4.69, 9.17) is 16.2 Å². The van der Waals surface area contributed by atoms with Crippen LogP contribution in [0.25, 0.3) is 0 Å². The second-order valence-electron chi connectivity index (χ2n) is 3.77. The highest BCUT2D eigenvalue weighted by Gasteiger charge is 2.17. The second-order valence-corrected chi connectivity index (χ2v) is 3.77. The predicted octanol–water partition coefficient (Wildman–Crippen LogP) is 1.17. The fraction of sp³-hybridized carbons (Fsp3) is 0.909. The van der Waals surface area contributed by atoms with Crippen LogP contribution in [0, 0.1) is 0 Å². The Hall–Kier alpha value is -0.610. The van der Waals surface area contributed by atoms with Crippen LogP contribution in [0.2, 0.25) is 0 Å². The molecular weight excluding hydrogens is 192 g/mol. The van der Waals surface area contributed by atoms with E-state index in [2.05, 4.69) is 0 Å². The van der Waals surface area contributed by atoms with Gasteiger partial charge in [-0.25, -0.2) is 0 Å². The normalized spacial score (nSPS) is 12.9. The summed E-state index contributed by atoms with van der Waals surface area (Å²) >= 11 is 0. The van der Waals surface area contributed by atoms with Gasteiger partial charge >= 0.3 is 5.97 Å². The van der Waals surface area contributed by atoms with E-state index in [1.54, 1.807) is 0 Å². The van der Waals surface area contributed by atoms with Crippen molar-refractivity contribution in [2.75, 3.05) is 6.54 Å². The zero-order valence-electron chi connectivity index (χ0n) is 9.87. The lowest BCUT2D eigenvalue weighted by molar-refractivity contribution is -0.151. The van der Waals surface area contributed by atoms with Gasteiger partial charge in [-0.05, 0) is 32.2 Å². The molecule has 0 aromatic heterocycles. The van der Waals surface area contributed by atoms with Gasteiger partial charge in [0, 0.05) is 0 Å². The molecule has 0 saturated heterocycles. The van der Waals surface area contributed by atoms with Crippen LogP contribution in [0.3, 0.4) is 0 Å². The van der Waals surface area contributed by atoms with Gasteiger partial charge in [-0.15, -0.1) is 0 Å². The highest BCUT2D eigenvalue weighted by atomic mass is 16.5. The van der Waals surface area contributed by atoms with Crippen molar-refractivity contribution >= 4 is 5.97 Å². The standard InChI is InChI=1S/C11H24N2O2/c1-3-9(4-2)15-11(14)10(13)7-5-6-8-12/h9-10H,3-8,12-13H2,1-2H3/t10-/m0/s1. The third-order valence-electron chi connectivity index (χ3n) is 2.47. The highest BCUT2D eigenvalue weighted by Crippen LogP contribution is 2.06. The van der Waals surface area contributed by atoms with E-state index in [9.17, 15) is 4.79 Å². The van der Waals surface area contributed by atoms with Crippen molar-refractivity contribution in [1.82, 2.24) is 0 Å². The van der Waals surface area contributed by atoms with E-state index >= 15 is 0 Å². The summed E-state index contributed by atoms with van der Waals surface area (Å²) in [4.78, 5) is 11.5. The van der Waals surface area contributed by atoms with Crippen molar-refractivity contribution in [2.24, 2.45) is 11.5 Å². The molecule has 0 radical (unpaired) electrons. The van der Waals surface area contributed by atoms with Gasteiger partial charge in [-0.3, -0.25) is 4.79 Å². The van der Waals surface area contributed by atoms with Crippen LogP contribution in [0.15, 0.2) is 0 Å². The van der Waals surface area contributed by atoms with E-state index in [1.807, 2.05) is 13.8 Å². The molecule has 0 aromatic rings. The summed E-state index contributed by atoms with van der Waals surface area (Å²) < 4.78 is 5.25. The average molecular weight is 216 g/mol. The molecule has 0 amide bonds. The summed E-state index contributed by atoms with van der Waals surface area (Å²) in [6.45, 7) is 4.65. The number of esters is 1. The fourth-order valence-corrected chi connectivity index (χ4v) is 1.33. The Balaban J connectivity index is 3.77. The van der Waals surface area contributed by atoms with Gasteiger partial charge in [0.15, 0.2) is 0 Å². The molecule has 0 aliphatic heterocycles. The number of hydrogen-bond donors (Lipinski definition) is 2. The largest absolute Gasteiger partial charge is 0.461 e. The summed E-state index contributed by atoms with van der Waals surface area (Å²) in [7, 11) is 0. The summed E-state index contributed by atoms with van der Waals surface area (Å²) in [6.07, 6.45) is 4.16. The molecule has 90 valence electrons. The molecule has 0 rings (SSSR count). The predicted molar refractivity (Wildman–Crippen MR) is 61.3 cm³/mol. The van der Waals surface area contributed by atoms with Crippen LogP contribution in [0.1, 0.15) is 46.0 Å². The molecule has 0 spiro atoms. The molecular formula is C11H24N2O2.